The van der Waals surface area contributed by atoms with Gasteiger partial charge in [0, 0.05) is 8.07 Å². The Kier molecular flexibility index (Phi) is 5.49. The van der Waals surface area contributed by atoms with Crippen molar-refractivity contribution < 1.29 is 0 Å². The summed E-state index contributed by atoms with van der Waals surface area (Å²) in [5, 5.41) is 0. The van der Waals surface area contributed by atoms with Crippen molar-refractivity contribution in [3.05, 3.63) is 46.5 Å². The summed E-state index contributed by atoms with van der Waals surface area (Å²) in [5.74, 6) is 0. The van der Waals surface area contributed by atoms with Crippen LogP contribution in [0.4, 0.5) is 0 Å². The van der Waals surface area contributed by atoms with E-state index in [-0.39, 0.29) is 0 Å². The lowest BCUT2D eigenvalue weighted by Gasteiger charge is -2.14. The van der Waals surface area contributed by atoms with E-state index in [1.54, 1.807) is 0 Å². The normalized spacial score (nSPS) is 12.9. The molecular formula is C14H21BrSi. The highest BCUT2D eigenvalue weighted by Crippen LogP contribution is 2.21. The molecule has 0 spiro atoms. The zero-order valence-corrected chi connectivity index (χ0v) is 13.0. The highest BCUT2D eigenvalue weighted by Gasteiger charge is 2.13. The fourth-order valence-corrected chi connectivity index (χ4v) is 5.53. The molecule has 2 heteroatoms. The predicted molar refractivity (Wildman–Crippen MR) is 79.9 cm³/mol. The summed E-state index contributed by atoms with van der Waals surface area (Å²) in [6, 6.07) is 11.9. The zero-order chi connectivity index (χ0) is 12.0. The predicted octanol–water partition coefficient (Wildman–Crippen LogP) is 5.24. The van der Waals surface area contributed by atoms with Crippen LogP contribution >= 0.6 is 15.9 Å². The molecule has 1 aromatic rings. The van der Waals surface area contributed by atoms with Gasteiger partial charge in [-0.2, -0.15) is 0 Å². The molecule has 0 saturated carbocycles. The van der Waals surface area contributed by atoms with E-state index in [0.717, 1.165) is 12.8 Å². The Hall–Kier alpha value is -0.343. The van der Waals surface area contributed by atoms with E-state index in [0.29, 0.717) is 0 Å². The summed E-state index contributed by atoms with van der Waals surface area (Å²) in [4.78, 5) is 0. The van der Waals surface area contributed by atoms with Crippen molar-refractivity contribution in [3.63, 3.8) is 0 Å². The number of aryl methyl sites for hydroxylation is 1. The standard InChI is InChI=1S/C14H21BrSi/c1-16(2,3)12-14(15)11-7-10-13-8-5-4-6-9-13/h4-6,8-9,11H,7,10,12H2,1-3H3/b14-11-. The Morgan fingerprint density at radius 2 is 1.81 bits per heavy atom. The van der Waals surface area contributed by atoms with Gasteiger partial charge in [0.25, 0.3) is 0 Å². The molecule has 0 fully saturated rings. The molecule has 0 aromatic heterocycles. The van der Waals surface area contributed by atoms with Gasteiger partial charge in [-0.1, -0.05) is 72.0 Å². The smallest absolute Gasteiger partial charge is 0.0493 e. The largest absolute Gasteiger partial charge is 0.0743 e. The summed E-state index contributed by atoms with van der Waals surface area (Å²) in [7, 11) is -0.965. The fraction of sp³-hybridized carbons (Fsp3) is 0.429. The molecule has 0 saturated heterocycles. The second-order valence-corrected chi connectivity index (χ2v) is 11.9. The number of benzene rings is 1. The van der Waals surface area contributed by atoms with Gasteiger partial charge in [0.15, 0.2) is 0 Å². The Labute approximate surface area is 109 Å². The van der Waals surface area contributed by atoms with Crippen LogP contribution in [0, 0.1) is 0 Å². The summed E-state index contributed by atoms with van der Waals surface area (Å²) in [6.45, 7) is 7.21. The molecule has 0 amide bonds. The molecule has 0 nitrogen and oxygen atoms in total. The van der Waals surface area contributed by atoms with Crippen LogP contribution in [0.1, 0.15) is 12.0 Å². The maximum absolute atomic E-state index is 3.68. The summed E-state index contributed by atoms with van der Waals surface area (Å²) in [5.41, 5.74) is 1.42. The third kappa shape index (κ3) is 6.29. The number of allylic oxidation sites excluding steroid dienone is 2. The third-order valence-corrected chi connectivity index (χ3v) is 4.90. The van der Waals surface area contributed by atoms with Crippen molar-refractivity contribution in [3.8, 4) is 0 Å². The van der Waals surface area contributed by atoms with E-state index < -0.39 is 8.07 Å². The van der Waals surface area contributed by atoms with Crippen LogP contribution in [0.5, 0.6) is 0 Å². The van der Waals surface area contributed by atoms with Gasteiger partial charge in [-0.05, 0) is 28.9 Å². The van der Waals surface area contributed by atoms with Crippen molar-refractivity contribution in [1.29, 1.82) is 0 Å². The fourth-order valence-electron chi connectivity index (χ4n) is 1.62. The Morgan fingerprint density at radius 1 is 1.19 bits per heavy atom. The Balaban J connectivity index is 2.37. The van der Waals surface area contributed by atoms with Crippen molar-refractivity contribution >= 4 is 24.0 Å². The Morgan fingerprint density at radius 3 is 2.38 bits per heavy atom. The van der Waals surface area contributed by atoms with Gasteiger partial charge in [-0.25, -0.2) is 0 Å². The minimum absolute atomic E-state index is 0.965. The quantitative estimate of drug-likeness (QED) is 0.652. The molecule has 0 aliphatic heterocycles. The van der Waals surface area contributed by atoms with Gasteiger partial charge in [0.05, 0.1) is 0 Å². The molecule has 16 heavy (non-hydrogen) atoms. The molecule has 0 aliphatic rings. The molecule has 0 heterocycles. The summed E-state index contributed by atoms with van der Waals surface area (Å²) >= 11 is 3.68. The van der Waals surface area contributed by atoms with Crippen LogP contribution in [0.25, 0.3) is 0 Å². The monoisotopic (exact) mass is 296 g/mol. The van der Waals surface area contributed by atoms with Crippen molar-refractivity contribution in [2.24, 2.45) is 0 Å². The first-order chi connectivity index (χ1) is 7.47. The van der Waals surface area contributed by atoms with Gasteiger partial charge in [0.1, 0.15) is 0 Å². The Bertz CT molecular complexity index is 336. The summed E-state index contributed by atoms with van der Waals surface area (Å²) in [6.07, 6.45) is 4.61. The van der Waals surface area contributed by atoms with Gasteiger partial charge < -0.3 is 0 Å². The first-order valence-electron chi connectivity index (χ1n) is 5.86. The molecule has 0 radical (unpaired) electrons. The van der Waals surface area contributed by atoms with Crippen LogP contribution in [0.15, 0.2) is 40.9 Å². The average molecular weight is 297 g/mol. The highest BCUT2D eigenvalue weighted by atomic mass is 79.9. The lowest BCUT2D eigenvalue weighted by Crippen LogP contribution is -2.18. The molecule has 0 aliphatic carbocycles. The highest BCUT2D eigenvalue weighted by molar-refractivity contribution is 9.11. The van der Waals surface area contributed by atoms with Crippen molar-refractivity contribution in [2.45, 2.75) is 38.5 Å². The first-order valence-corrected chi connectivity index (χ1v) is 10.4. The van der Waals surface area contributed by atoms with Crippen LogP contribution in [0.2, 0.25) is 25.7 Å². The van der Waals surface area contributed by atoms with Crippen molar-refractivity contribution in [1.82, 2.24) is 0 Å². The van der Waals surface area contributed by atoms with Crippen LogP contribution in [0.3, 0.4) is 0 Å². The number of hydrogen-bond acceptors (Lipinski definition) is 0. The number of hydrogen-bond donors (Lipinski definition) is 0. The molecular weight excluding hydrogens is 276 g/mol. The molecule has 0 atom stereocenters. The third-order valence-electron chi connectivity index (χ3n) is 2.34. The van der Waals surface area contributed by atoms with Gasteiger partial charge in [-0.3, -0.25) is 0 Å². The van der Waals surface area contributed by atoms with Crippen LogP contribution in [-0.4, -0.2) is 8.07 Å². The van der Waals surface area contributed by atoms with E-state index in [1.165, 1.54) is 16.1 Å². The topological polar surface area (TPSA) is 0 Å². The van der Waals surface area contributed by atoms with E-state index in [4.69, 9.17) is 0 Å². The minimum Gasteiger partial charge on any atom is -0.0743 e. The van der Waals surface area contributed by atoms with Gasteiger partial charge in [0.2, 0.25) is 0 Å². The molecule has 0 N–H and O–H groups in total. The average Bonchev–Trinajstić information content (AvgIpc) is 2.16. The van der Waals surface area contributed by atoms with E-state index in [1.807, 2.05) is 0 Å². The van der Waals surface area contributed by atoms with Crippen molar-refractivity contribution in [2.75, 3.05) is 0 Å². The molecule has 1 rings (SSSR count). The maximum Gasteiger partial charge on any atom is 0.0493 e. The molecule has 1 aromatic carbocycles. The lowest BCUT2D eigenvalue weighted by atomic mass is 10.1. The number of rotatable bonds is 5. The van der Waals surface area contributed by atoms with Gasteiger partial charge >= 0.3 is 0 Å². The summed E-state index contributed by atoms with van der Waals surface area (Å²) < 4.78 is 1.39. The van der Waals surface area contributed by atoms with Gasteiger partial charge in [-0.15, -0.1) is 0 Å². The minimum atomic E-state index is -0.965. The first kappa shape index (κ1) is 13.7. The van der Waals surface area contributed by atoms with Crippen LogP contribution < -0.4 is 0 Å². The molecule has 0 unspecified atom stereocenters. The van der Waals surface area contributed by atoms with E-state index >= 15 is 0 Å². The number of halogens is 1. The van der Waals surface area contributed by atoms with E-state index in [9.17, 15) is 0 Å². The second kappa shape index (κ2) is 6.41. The SMILES string of the molecule is C[Si](C)(C)C/C(Br)=C/CCc1ccccc1. The van der Waals surface area contributed by atoms with E-state index in [2.05, 4.69) is 72.0 Å². The molecule has 0 bridgehead atoms. The maximum atomic E-state index is 3.68. The van der Waals surface area contributed by atoms with Crippen LogP contribution in [-0.2, 0) is 6.42 Å². The zero-order valence-electron chi connectivity index (χ0n) is 10.5. The lowest BCUT2D eigenvalue weighted by molar-refractivity contribution is 0.997. The molecule has 88 valence electrons. The second-order valence-electron chi connectivity index (χ2n) is 5.41.